The van der Waals surface area contributed by atoms with E-state index in [-0.39, 0.29) is 32.0 Å². The van der Waals surface area contributed by atoms with Crippen molar-refractivity contribution in [2.24, 2.45) is 5.92 Å². The van der Waals surface area contributed by atoms with Gasteiger partial charge in [-0.25, -0.2) is 4.98 Å². The minimum atomic E-state index is -0.935. The van der Waals surface area contributed by atoms with E-state index in [0.717, 1.165) is 16.9 Å². The molecule has 9 heteroatoms. The molecule has 0 aliphatic carbocycles. The largest absolute Gasteiger partial charge is 0.483 e. The number of fused-ring (bicyclic) bond motifs is 1. The van der Waals surface area contributed by atoms with Crippen LogP contribution in [-0.2, 0) is 25.5 Å². The Morgan fingerprint density at radius 2 is 2.19 bits per heavy atom. The minimum Gasteiger partial charge on any atom is -0.483 e. The summed E-state index contributed by atoms with van der Waals surface area (Å²) >= 11 is 0. The highest BCUT2D eigenvalue weighted by atomic mass is 16.5. The van der Waals surface area contributed by atoms with Crippen LogP contribution in [0.4, 0.5) is 0 Å². The zero-order valence-electron chi connectivity index (χ0n) is 14.4. The molecule has 2 aromatic rings. The third-order valence-corrected chi connectivity index (χ3v) is 4.11. The lowest BCUT2D eigenvalue weighted by molar-refractivity contribution is -0.144. The fourth-order valence-corrected chi connectivity index (χ4v) is 2.79. The number of pyridine rings is 1. The lowest BCUT2D eigenvalue weighted by Gasteiger charge is -2.21. The van der Waals surface area contributed by atoms with Gasteiger partial charge in [-0.15, -0.1) is 0 Å². The molecule has 3 heterocycles. The second-order valence-corrected chi connectivity index (χ2v) is 5.87. The standard InChI is InChI=1S/C16H19N3O4.CH2O2/c1-11-3-2-4-19-13(8-17-15(11)19)7-14(20)18-5-6-23-10-12(9-18)16(21)22;2-1-3/h2-4,8,12H,5-7,9-10H2,1H3,(H,21,22);1H,(H,2,3). The van der Waals surface area contributed by atoms with Gasteiger partial charge in [0.1, 0.15) is 5.65 Å². The minimum absolute atomic E-state index is 0.106. The van der Waals surface area contributed by atoms with E-state index in [2.05, 4.69) is 4.98 Å². The first-order valence-electron chi connectivity index (χ1n) is 8.05. The Kier molecular flexibility index (Phi) is 6.67. The Hall–Kier alpha value is -2.94. The van der Waals surface area contributed by atoms with Gasteiger partial charge in [0.15, 0.2) is 0 Å². The number of carboxylic acid groups (broad SMARTS) is 2. The fourth-order valence-electron chi connectivity index (χ4n) is 2.79. The Morgan fingerprint density at radius 1 is 1.46 bits per heavy atom. The molecule has 1 saturated heterocycles. The molecule has 26 heavy (non-hydrogen) atoms. The molecule has 0 saturated carbocycles. The maximum Gasteiger partial charge on any atom is 0.310 e. The Balaban J connectivity index is 0.000000758. The number of carbonyl (C=O) groups is 3. The third-order valence-electron chi connectivity index (χ3n) is 4.11. The predicted octanol–water partition coefficient (Wildman–Crippen LogP) is 0.446. The number of hydrogen-bond acceptors (Lipinski definition) is 5. The van der Waals surface area contributed by atoms with Gasteiger partial charge >= 0.3 is 5.97 Å². The van der Waals surface area contributed by atoms with Crippen molar-refractivity contribution in [2.45, 2.75) is 13.3 Å². The van der Waals surface area contributed by atoms with Crippen molar-refractivity contribution in [3.05, 3.63) is 35.8 Å². The monoisotopic (exact) mass is 363 g/mol. The quantitative estimate of drug-likeness (QED) is 0.759. The van der Waals surface area contributed by atoms with E-state index >= 15 is 0 Å². The average molecular weight is 363 g/mol. The van der Waals surface area contributed by atoms with Crippen molar-refractivity contribution in [3.63, 3.8) is 0 Å². The average Bonchev–Trinajstić information content (AvgIpc) is 2.85. The summed E-state index contributed by atoms with van der Waals surface area (Å²) in [4.78, 5) is 38.0. The number of ether oxygens (including phenoxy) is 1. The van der Waals surface area contributed by atoms with Crippen molar-refractivity contribution in [1.29, 1.82) is 0 Å². The summed E-state index contributed by atoms with van der Waals surface area (Å²) in [6.45, 7) is 2.83. The van der Waals surface area contributed by atoms with E-state index in [9.17, 15) is 9.59 Å². The first-order chi connectivity index (χ1) is 12.5. The number of imidazole rings is 1. The van der Waals surface area contributed by atoms with E-state index in [1.165, 1.54) is 0 Å². The topological polar surface area (TPSA) is 121 Å². The normalized spacial score (nSPS) is 17.1. The summed E-state index contributed by atoms with van der Waals surface area (Å²) < 4.78 is 7.18. The summed E-state index contributed by atoms with van der Waals surface area (Å²) in [5.41, 5.74) is 2.67. The van der Waals surface area contributed by atoms with Crippen LogP contribution >= 0.6 is 0 Å². The summed E-state index contributed by atoms with van der Waals surface area (Å²) in [5.74, 6) is -1.72. The second kappa shape index (κ2) is 8.95. The summed E-state index contributed by atoms with van der Waals surface area (Å²) in [7, 11) is 0. The number of carboxylic acids is 1. The Bertz CT molecular complexity index is 788. The molecule has 3 rings (SSSR count). The maximum atomic E-state index is 12.6. The number of rotatable bonds is 3. The van der Waals surface area contributed by atoms with Gasteiger partial charge in [-0.05, 0) is 18.6 Å². The number of amides is 1. The lowest BCUT2D eigenvalue weighted by atomic mass is 10.1. The maximum absolute atomic E-state index is 12.6. The molecule has 1 atom stereocenters. The van der Waals surface area contributed by atoms with Crippen molar-refractivity contribution < 1.29 is 29.3 Å². The van der Waals surface area contributed by atoms with Gasteiger partial charge in [-0.2, -0.15) is 0 Å². The Labute approximate surface area is 149 Å². The van der Waals surface area contributed by atoms with Crippen LogP contribution < -0.4 is 0 Å². The van der Waals surface area contributed by atoms with Gasteiger partial charge in [0.25, 0.3) is 6.47 Å². The smallest absolute Gasteiger partial charge is 0.310 e. The highest BCUT2D eigenvalue weighted by Crippen LogP contribution is 2.14. The summed E-state index contributed by atoms with van der Waals surface area (Å²) in [6.07, 6.45) is 3.77. The van der Waals surface area contributed by atoms with Crippen LogP contribution in [0.1, 0.15) is 11.3 Å². The molecule has 2 aromatic heterocycles. The first-order valence-corrected chi connectivity index (χ1v) is 8.05. The molecule has 1 aliphatic rings. The molecule has 0 bridgehead atoms. The SMILES string of the molecule is Cc1cccn2c(CC(=O)N3CCOCC(C(=O)O)C3)cnc12.O=CO. The van der Waals surface area contributed by atoms with Crippen molar-refractivity contribution >= 4 is 24.0 Å². The zero-order chi connectivity index (χ0) is 19.1. The van der Waals surface area contributed by atoms with Crippen LogP contribution in [0, 0.1) is 12.8 Å². The molecule has 1 fully saturated rings. The summed E-state index contributed by atoms with van der Waals surface area (Å²) in [6, 6.07) is 3.88. The van der Waals surface area contributed by atoms with Crippen LogP contribution in [0.5, 0.6) is 0 Å². The van der Waals surface area contributed by atoms with Gasteiger partial charge in [-0.3, -0.25) is 14.4 Å². The van der Waals surface area contributed by atoms with E-state index in [1.54, 1.807) is 11.1 Å². The fraction of sp³-hybridized carbons (Fsp3) is 0.412. The molecule has 2 N–H and O–H groups in total. The number of aryl methyl sites for hydroxylation is 1. The summed E-state index contributed by atoms with van der Waals surface area (Å²) in [5, 5.41) is 16.0. The number of nitrogens with zero attached hydrogens (tertiary/aromatic N) is 3. The van der Waals surface area contributed by atoms with Gasteiger partial charge in [0.05, 0.1) is 31.2 Å². The van der Waals surface area contributed by atoms with Crippen LogP contribution in [-0.4, -0.2) is 69.1 Å². The highest BCUT2D eigenvalue weighted by molar-refractivity contribution is 5.80. The molecular weight excluding hydrogens is 342 g/mol. The van der Waals surface area contributed by atoms with Gasteiger partial charge < -0.3 is 24.3 Å². The molecule has 140 valence electrons. The van der Waals surface area contributed by atoms with Crippen molar-refractivity contribution in [2.75, 3.05) is 26.3 Å². The Morgan fingerprint density at radius 3 is 2.88 bits per heavy atom. The molecule has 1 unspecified atom stereocenters. The zero-order valence-corrected chi connectivity index (χ0v) is 14.4. The van der Waals surface area contributed by atoms with Crippen LogP contribution in [0.25, 0.3) is 5.65 Å². The van der Waals surface area contributed by atoms with Gasteiger partial charge in [0.2, 0.25) is 5.91 Å². The molecule has 1 amide bonds. The van der Waals surface area contributed by atoms with Crippen LogP contribution in [0.15, 0.2) is 24.5 Å². The molecule has 0 radical (unpaired) electrons. The van der Waals surface area contributed by atoms with Crippen LogP contribution in [0.2, 0.25) is 0 Å². The van der Waals surface area contributed by atoms with Gasteiger partial charge in [-0.1, -0.05) is 6.07 Å². The van der Waals surface area contributed by atoms with Crippen LogP contribution in [0.3, 0.4) is 0 Å². The third kappa shape index (κ3) is 4.57. The number of aromatic nitrogens is 2. The molecular formula is C17H21N3O6. The first kappa shape index (κ1) is 19.4. The van der Waals surface area contributed by atoms with E-state index < -0.39 is 11.9 Å². The predicted molar refractivity (Wildman–Crippen MR) is 90.9 cm³/mol. The number of aliphatic carboxylic acids is 1. The molecule has 9 nitrogen and oxygen atoms in total. The number of carbonyl (C=O) groups excluding carboxylic acids is 1. The molecule has 0 aromatic carbocycles. The number of hydrogen-bond donors (Lipinski definition) is 2. The second-order valence-electron chi connectivity index (χ2n) is 5.87. The van der Waals surface area contributed by atoms with Crippen molar-refractivity contribution in [1.82, 2.24) is 14.3 Å². The van der Waals surface area contributed by atoms with E-state index in [0.29, 0.717) is 13.2 Å². The lowest BCUT2D eigenvalue weighted by Crippen LogP contribution is -2.39. The molecule has 0 spiro atoms. The van der Waals surface area contributed by atoms with Gasteiger partial charge in [0, 0.05) is 25.5 Å². The van der Waals surface area contributed by atoms with Crippen molar-refractivity contribution in [3.8, 4) is 0 Å². The van der Waals surface area contributed by atoms with E-state index in [4.69, 9.17) is 19.7 Å². The van der Waals surface area contributed by atoms with E-state index in [1.807, 2.05) is 29.7 Å². The molecule has 1 aliphatic heterocycles. The highest BCUT2D eigenvalue weighted by Gasteiger charge is 2.27.